The van der Waals surface area contributed by atoms with Crippen molar-refractivity contribution < 1.29 is 0 Å². The molecule has 4 heteroatoms. The normalized spacial score (nSPS) is 9.27. The molecule has 2 N–H and O–H groups in total. The first-order valence-electron chi connectivity index (χ1n) is 4.66. The number of hydrogen-bond acceptors (Lipinski definition) is 4. The quantitative estimate of drug-likeness (QED) is 0.789. The number of nitrogens with zero attached hydrogens (tertiary/aromatic N) is 1. The van der Waals surface area contributed by atoms with Crippen molar-refractivity contribution in [1.29, 1.82) is 0 Å². The minimum Gasteiger partial charge on any atom is -0.281 e. The topological polar surface area (TPSA) is 38.9 Å². The minimum absolute atomic E-state index is 1.08. The molecule has 0 amide bonds. The van der Waals surface area contributed by atoms with Crippen LogP contribution in [0, 0.1) is 0 Å². The molecule has 0 aliphatic carbocycles. The lowest BCUT2D eigenvalue weighted by Crippen LogP contribution is -1.75. The maximum atomic E-state index is 4.31. The number of rotatable bonds is 2. The van der Waals surface area contributed by atoms with Crippen molar-refractivity contribution in [3.8, 4) is 10.6 Å². The molecule has 2 rings (SSSR count). The summed E-state index contributed by atoms with van der Waals surface area (Å²) in [6.45, 7) is 2.17. The zero-order chi connectivity index (χ0) is 11.1. The molecule has 0 aromatic carbocycles. The number of thiol groups is 1. The Morgan fingerprint density at radius 2 is 2.07 bits per heavy atom. The average Bonchev–Trinajstić information content (AvgIpc) is 2.81. The molecule has 15 heavy (non-hydrogen) atoms. The summed E-state index contributed by atoms with van der Waals surface area (Å²) >= 11 is 4.85. The van der Waals surface area contributed by atoms with E-state index >= 15 is 0 Å². The largest absolute Gasteiger partial charge is 0.281 e. The highest BCUT2D eigenvalue weighted by Crippen LogP contribution is 2.26. The second-order valence-corrected chi connectivity index (χ2v) is 4.00. The summed E-state index contributed by atoms with van der Waals surface area (Å²) in [6, 6.07) is 10.3. The smallest absolute Gasteiger partial charge is 0.0801 e. The van der Waals surface area contributed by atoms with Gasteiger partial charge >= 0.3 is 0 Å². The predicted octanol–water partition coefficient (Wildman–Crippen LogP) is 3.16. The molecule has 0 unspecified atom stereocenters. The van der Waals surface area contributed by atoms with Gasteiger partial charge in [-0.2, -0.15) is 0 Å². The summed E-state index contributed by atoms with van der Waals surface area (Å²) in [6.07, 6.45) is 2.94. The third-order valence-electron chi connectivity index (χ3n) is 1.93. The Morgan fingerprint density at radius 3 is 2.60 bits per heavy atom. The van der Waals surface area contributed by atoms with Crippen LogP contribution in [0.15, 0.2) is 36.5 Å². The molecule has 0 radical (unpaired) electrons. The Hall–Kier alpha value is -0.840. The van der Waals surface area contributed by atoms with Crippen molar-refractivity contribution in [2.45, 2.75) is 13.3 Å². The van der Waals surface area contributed by atoms with E-state index in [-0.39, 0.29) is 0 Å². The van der Waals surface area contributed by atoms with Crippen molar-refractivity contribution in [3.05, 3.63) is 41.4 Å². The summed E-state index contributed by atoms with van der Waals surface area (Å²) < 4.78 is 0. The van der Waals surface area contributed by atoms with Crippen molar-refractivity contribution in [2.24, 2.45) is 5.14 Å². The van der Waals surface area contributed by atoms with Crippen LogP contribution < -0.4 is 5.14 Å². The number of nitrogens with two attached hydrogens (primary N) is 1. The Kier molecular flexibility index (Phi) is 5.39. The van der Waals surface area contributed by atoms with Crippen LogP contribution in [0.3, 0.4) is 0 Å². The molecule has 2 heterocycles. The second-order valence-electron chi connectivity index (χ2n) is 2.83. The number of thiophene rings is 1. The van der Waals surface area contributed by atoms with Crippen molar-refractivity contribution in [2.75, 3.05) is 0 Å². The highest BCUT2D eigenvalue weighted by molar-refractivity contribution is 7.77. The maximum absolute atomic E-state index is 4.31. The minimum atomic E-state index is 1.08. The van der Waals surface area contributed by atoms with E-state index in [1.54, 1.807) is 0 Å². The summed E-state index contributed by atoms with van der Waals surface area (Å²) in [5.41, 5.74) is 1.08. The van der Waals surface area contributed by atoms with Gasteiger partial charge in [0, 0.05) is 11.1 Å². The second kappa shape index (κ2) is 6.61. The molecule has 2 aromatic rings. The molecule has 0 aliphatic heterocycles. The molecule has 2 aromatic heterocycles. The van der Waals surface area contributed by atoms with Gasteiger partial charge < -0.3 is 0 Å². The van der Waals surface area contributed by atoms with Gasteiger partial charge in [-0.25, -0.2) is 0 Å². The molecule has 2 nitrogen and oxygen atoms in total. The van der Waals surface area contributed by atoms with Gasteiger partial charge in [0.05, 0.1) is 10.6 Å². The van der Waals surface area contributed by atoms with Gasteiger partial charge in [-0.3, -0.25) is 10.1 Å². The Morgan fingerprint density at radius 1 is 1.27 bits per heavy atom. The van der Waals surface area contributed by atoms with Gasteiger partial charge in [-0.15, -0.1) is 24.2 Å². The fourth-order valence-corrected chi connectivity index (χ4v) is 2.14. The van der Waals surface area contributed by atoms with Crippen LogP contribution in [0.1, 0.15) is 11.8 Å². The monoisotopic (exact) mass is 238 g/mol. The van der Waals surface area contributed by atoms with Crippen molar-refractivity contribution >= 4 is 24.2 Å². The summed E-state index contributed by atoms with van der Waals surface area (Å²) in [7, 11) is 0. The summed E-state index contributed by atoms with van der Waals surface area (Å²) in [5.74, 6) is 0. The Balaban J connectivity index is 0.000000531. The Bertz CT molecular complexity index is 384. The van der Waals surface area contributed by atoms with E-state index in [1.165, 1.54) is 9.75 Å². The van der Waals surface area contributed by atoms with Crippen LogP contribution >= 0.6 is 24.2 Å². The molecule has 0 saturated heterocycles. The lowest BCUT2D eigenvalue weighted by atomic mass is 10.3. The van der Waals surface area contributed by atoms with E-state index in [0.717, 1.165) is 12.1 Å². The molecule has 80 valence electrons. The predicted molar refractivity (Wildman–Crippen MR) is 70.1 cm³/mol. The van der Waals surface area contributed by atoms with Gasteiger partial charge in [0.1, 0.15) is 0 Å². The maximum Gasteiger partial charge on any atom is 0.0801 e. The lowest BCUT2D eigenvalue weighted by Gasteiger charge is -1.93. The first-order valence-corrected chi connectivity index (χ1v) is 5.99. The summed E-state index contributed by atoms with van der Waals surface area (Å²) in [5, 5.41) is 4.19. The highest BCUT2D eigenvalue weighted by atomic mass is 32.1. The molecular weight excluding hydrogens is 224 g/mol. The van der Waals surface area contributed by atoms with E-state index in [0.29, 0.717) is 0 Å². The lowest BCUT2D eigenvalue weighted by molar-refractivity contribution is 1.19. The van der Waals surface area contributed by atoms with Gasteiger partial charge in [0.25, 0.3) is 0 Å². The molecule has 0 atom stereocenters. The van der Waals surface area contributed by atoms with Crippen LogP contribution in [-0.4, -0.2) is 4.98 Å². The van der Waals surface area contributed by atoms with E-state index < -0.39 is 0 Å². The van der Waals surface area contributed by atoms with Crippen molar-refractivity contribution in [3.63, 3.8) is 0 Å². The fraction of sp³-hybridized carbons (Fsp3) is 0.182. The first kappa shape index (κ1) is 12.2. The zero-order valence-corrected chi connectivity index (χ0v) is 10.3. The third-order valence-corrected chi connectivity index (χ3v) is 3.18. The molecule has 0 bridgehead atoms. The van der Waals surface area contributed by atoms with Gasteiger partial charge in [0.15, 0.2) is 0 Å². The van der Waals surface area contributed by atoms with Crippen LogP contribution in [-0.2, 0) is 6.42 Å². The zero-order valence-electron chi connectivity index (χ0n) is 8.55. The van der Waals surface area contributed by atoms with Gasteiger partial charge in [-0.05, 0) is 30.7 Å². The SMILES string of the molecule is CCc1ccc(-c2ccccn2)s1.NS. The fourth-order valence-electron chi connectivity index (χ4n) is 1.21. The summed E-state index contributed by atoms with van der Waals surface area (Å²) in [4.78, 5) is 6.99. The van der Waals surface area contributed by atoms with E-state index in [2.05, 4.69) is 42.0 Å². The number of aromatic nitrogens is 1. The van der Waals surface area contributed by atoms with Crippen LogP contribution in [0.4, 0.5) is 0 Å². The molecule has 0 saturated carbocycles. The Labute approximate surface area is 99.7 Å². The van der Waals surface area contributed by atoms with Gasteiger partial charge in [-0.1, -0.05) is 13.0 Å². The number of aryl methyl sites for hydroxylation is 1. The molecule has 0 fully saturated rings. The highest BCUT2D eigenvalue weighted by Gasteiger charge is 2.01. The molecular formula is C11H14N2S2. The van der Waals surface area contributed by atoms with Gasteiger partial charge in [0.2, 0.25) is 0 Å². The molecule has 0 aliphatic rings. The average molecular weight is 238 g/mol. The molecule has 0 spiro atoms. The first-order chi connectivity index (χ1) is 7.40. The third kappa shape index (κ3) is 3.34. The number of hydrogen-bond donors (Lipinski definition) is 2. The van der Waals surface area contributed by atoms with Crippen LogP contribution in [0.5, 0.6) is 0 Å². The van der Waals surface area contributed by atoms with Crippen molar-refractivity contribution in [1.82, 2.24) is 4.98 Å². The standard InChI is InChI=1S/C11H11NS.H3NS/c1-2-9-6-7-11(13-9)10-5-3-4-8-12-10;1-2/h3-8H,2H2,1H3;2H,1H2. The van der Waals surface area contributed by atoms with E-state index in [9.17, 15) is 0 Å². The van der Waals surface area contributed by atoms with E-state index in [1.807, 2.05) is 35.7 Å². The van der Waals surface area contributed by atoms with E-state index in [4.69, 9.17) is 0 Å². The number of pyridine rings is 1. The van der Waals surface area contributed by atoms with Crippen LogP contribution in [0.25, 0.3) is 10.6 Å². The van der Waals surface area contributed by atoms with Crippen LogP contribution in [0.2, 0.25) is 0 Å².